The molecule has 2 aliphatic rings. The molecule has 0 saturated heterocycles. The summed E-state index contributed by atoms with van der Waals surface area (Å²) >= 11 is 3.69. The SMILES string of the molecule is C=C1/C(=C\C=C2/CCCC(C)(C)[C@H]2C/C=C/[C@H](C)C/C=C(/F)S)C[C@@H](O)CC1O. The van der Waals surface area contributed by atoms with Gasteiger partial charge in [-0.15, -0.1) is 12.6 Å². The summed E-state index contributed by atoms with van der Waals surface area (Å²) < 4.78 is 12.8. The van der Waals surface area contributed by atoms with Crippen LogP contribution in [0.2, 0.25) is 0 Å². The van der Waals surface area contributed by atoms with Crippen molar-refractivity contribution in [3.63, 3.8) is 0 Å². The Morgan fingerprint density at radius 3 is 2.76 bits per heavy atom. The molecule has 0 aliphatic heterocycles. The molecule has 0 aromatic rings. The highest BCUT2D eigenvalue weighted by Gasteiger charge is 2.34. The van der Waals surface area contributed by atoms with Crippen LogP contribution in [0.4, 0.5) is 4.39 Å². The van der Waals surface area contributed by atoms with Crippen LogP contribution >= 0.6 is 12.6 Å². The molecule has 2 saturated carbocycles. The Morgan fingerprint density at radius 1 is 1.34 bits per heavy atom. The van der Waals surface area contributed by atoms with Gasteiger partial charge in [0.15, 0.2) is 0 Å². The fourth-order valence-electron chi connectivity index (χ4n) is 4.54. The Labute approximate surface area is 181 Å². The van der Waals surface area contributed by atoms with E-state index in [1.807, 2.05) is 0 Å². The molecular weight excluding hydrogens is 383 g/mol. The van der Waals surface area contributed by atoms with Gasteiger partial charge in [-0.05, 0) is 73.0 Å². The smallest absolute Gasteiger partial charge is 0.149 e. The lowest BCUT2D eigenvalue weighted by Crippen LogP contribution is -2.29. The van der Waals surface area contributed by atoms with Gasteiger partial charge in [-0.25, -0.2) is 4.39 Å². The minimum absolute atomic E-state index is 0.218. The van der Waals surface area contributed by atoms with Crippen LogP contribution < -0.4 is 0 Å². The van der Waals surface area contributed by atoms with E-state index in [-0.39, 0.29) is 11.3 Å². The summed E-state index contributed by atoms with van der Waals surface area (Å²) in [5.41, 5.74) is 3.33. The summed E-state index contributed by atoms with van der Waals surface area (Å²) in [4.78, 5) is 0. The van der Waals surface area contributed by atoms with E-state index in [4.69, 9.17) is 0 Å². The number of hydrogen-bond acceptors (Lipinski definition) is 3. The monoisotopic (exact) mass is 420 g/mol. The van der Waals surface area contributed by atoms with Crippen LogP contribution in [0.1, 0.15) is 65.7 Å². The highest BCUT2D eigenvalue weighted by molar-refractivity contribution is 7.84. The van der Waals surface area contributed by atoms with Gasteiger partial charge >= 0.3 is 0 Å². The molecule has 2 rings (SSSR count). The quantitative estimate of drug-likeness (QED) is 0.341. The van der Waals surface area contributed by atoms with E-state index in [0.717, 1.165) is 24.0 Å². The maximum atomic E-state index is 12.8. The first-order chi connectivity index (χ1) is 13.6. The topological polar surface area (TPSA) is 40.5 Å². The number of hydrogen-bond donors (Lipinski definition) is 3. The van der Waals surface area contributed by atoms with Crippen molar-refractivity contribution in [1.82, 2.24) is 0 Å². The number of aliphatic hydroxyl groups excluding tert-OH is 2. The molecule has 0 aromatic heterocycles. The first-order valence-electron chi connectivity index (χ1n) is 10.8. The Hall–Kier alpha value is -1.10. The Kier molecular flexibility index (Phi) is 8.99. The molecule has 162 valence electrons. The van der Waals surface area contributed by atoms with Crippen LogP contribution in [0.3, 0.4) is 0 Å². The predicted octanol–water partition coefficient (Wildman–Crippen LogP) is 6.45. The van der Waals surface area contributed by atoms with Crippen molar-refractivity contribution < 1.29 is 14.6 Å². The number of rotatable bonds is 6. The molecular formula is C25H37FO2S. The van der Waals surface area contributed by atoms with Gasteiger partial charge in [-0.1, -0.05) is 57.2 Å². The largest absolute Gasteiger partial charge is 0.393 e. The van der Waals surface area contributed by atoms with Gasteiger partial charge in [0.05, 0.1) is 12.2 Å². The van der Waals surface area contributed by atoms with Gasteiger partial charge in [0, 0.05) is 6.42 Å². The van der Waals surface area contributed by atoms with E-state index in [1.165, 1.54) is 24.5 Å². The van der Waals surface area contributed by atoms with Gasteiger partial charge in [0.2, 0.25) is 0 Å². The molecule has 4 atom stereocenters. The lowest BCUT2D eigenvalue weighted by Gasteiger charge is -2.40. The van der Waals surface area contributed by atoms with Crippen molar-refractivity contribution in [2.24, 2.45) is 17.3 Å². The second-order valence-corrected chi connectivity index (χ2v) is 9.79. The second-order valence-electron chi connectivity index (χ2n) is 9.37. The molecule has 2 N–H and O–H groups in total. The molecule has 0 amide bonds. The third-order valence-corrected chi connectivity index (χ3v) is 6.62. The Balaban J connectivity index is 2.14. The fraction of sp³-hybridized carbons (Fsp3) is 0.600. The summed E-state index contributed by atoms with van der Waals surface area (Å²) in [6.45, 7) is 10.8. The van der Waals surface area contributed by atoms with E-state index in [1.54, 1.807) is 0 Å². The van der Waals surface area contributed by atoms with Gasteiger partial charge < -0.3 is 10.2 Å². The normalized spacial score (nSPS) is 32.3. The molecule has 29 heavy (non-hydrogen) atoms. The van der Waals surface area contributed by atoms with E-state index < -0.39 is 17.4 Å². The minimum atomic E-state index is -0.650. The number of allylic oxidation sites excluding steroid dienone is 6. The van der Waals surface area contributed by atoms with Crippen LogP contribution in [-0.4, -0.2) is 22.4 Å². The Morgan fingerprint density at radius 2 is 2.07 bits per heavy atom. The second kappa shape index (κ2) is 10.8. The maximum absolute atomic E-state index is 12.8. The molecule has 0 bridgehead atoms. The molecule has 1 unspecified atom stereocenters. The van der Waals surface area contributed by atoms with Crippen molar-refractivity contribution in [3.05, 3.63) is 58.8 Å². The van der Waals surface area contributed by atoms with E-state index in [9.17, 15) is 14.6 Å². The van der Waals surface area contributed by atoms with Crippen LogP contribution in [0.15, 0.2) is 58.8 Å². The summed E-state index contributed by atoms with van der Waals surface area (Å²) in [7, 11) is 0. The lowest BCUT2D eigenvalue weighted by atomic mass is 9.65. The van der Waals surface area contributed by atoms with Crippen molar-refractivity contribution in [1.29, 1.82) is 0 Å². The molecule has 0 radical (unpaired) electrons. The molecule has 0 spiro atoms. The van der Waals surface area contributed by atoms with Crippen molar-refractivity contribution >= 4 is 12.6 Å². The molecule has 0 aromatic carbocycles. The summed E-state index contributed by atoms with van der Waals surface area (Å²) in [5, 5.41) is 19.6. The van der Waals surface area contributed by atoms with Gasteiger partial charge in [0.25, 0.3) is 0 Å². The minimum Gasteiger partial charge on any atom is -0.393 e. The van der Waals surface area contributed by atoms with E-state index >= 15 is 0 Å². The molecule has 0 heterocycles. The molecule has 2 aliphatic carbocycles. The summed E-state index contributed by atoms with van der Waals surface area (Å²) in [6, 6.07) is 0. The highest BCUT2D eigenvalue weighted by Crippen LogP contribution is 2.46. The number of aliphatic hydroxyl groups is 2. The average Bonchev–Trinajstić information content (AvgIpc) is 2.63. The third-order valence-electron chi connectivity index (χ3n) is 6.44. The standard InChI is InChI=1S/C25H37FO2S/c1-17(10-13-24(26)29)7-5-9-22-19(8-6-14-25(22,3)4)11-12-20-15-21(27)16-23(28)18(20)2/h5,7,11-13,17,21-23,27-29H,2,6,8-10,14-16H2,1,3-4H3/b7-5+,19-11+,20-12-,24-13-/t17-,21+,22-,23?/m0/s1. The summed E-state index contributed by atoms with van der Waals surface area (Å²) in [6.07, 6.45) is 15.0. The van der Waals surface area contributed by atoms with E-state index in [0.29, 0.717) is 25.2 Å². The van der Waals surface area contributed by atoms with Crippen molar-refractivity contribution in [2.75, 3.05) is 0 Å². The van der Waals surface area contributed by atoms with Crippen LogP contribution in [-0.2, 0) is 0 Å². The first-order valence-corrected chi connectivity index (χ1v) is 11.2. The number of halogens is 1. The summed E-state index contributed by atoms with van der Waals surface area (Å²) in [5.74, 6) is 0.725. The van der Waals surface area contributed by atoms with Crippen LogP contribution in [0.5, 0.6) is 0 Å². The highest BCUT2D eigenvalue weighted by atomic mass is 32.1. The van der Waals surface area contributed by atoms with Gasteiger partial charge in [-0.3, -0.25) is 0 Å². The van der Waals surface area contributed by atoms with Crippen molar-refractivity contribution in [2.45, 2.75) is 77.9 Å². The molecule has 2 fully saturated rings. The zero-order valence-corrected chi connectivity index (χ0v) is 19.0. The first kappa shape index (κ1) is 24.2. The van der Waals surface area contributed by atoms with Gasteiger partial charge in [-0.2, -0.15) is 0 Å². The van der Waals surface area contributed by atoms with Crippen molar-refractivity contribution in [3.8, 4) is 0 Å². The zero-order chi connectivity index (χ0) is 21.6. The average molecular weight is 421 g/mol. The fourth-order valence-corrected chi connectivity index (χ4v) is 4.65. The molecule has 2 nitrogen and oxygen atoms in total. The predicted molar refractivity (Wildman–Crippen MR) is 123 cm³/mol. The van der Waals surface area contributed by atoms with Crippen LogP contribution in [0, 0.1) is 17.3 Å². The lowest BCUT2D eigenvalue weighted by molar-refractivity contribution is 0.0862. The zero-order valence-electron chi connectivity index (χ0n) is 18.1. The van der Waals surface area contributed by atoms with Gasteiger partial charge in [0.1, 0.15) is 5.16 Å². The van der Waals surface area contributed by atoms with E-state index in [2.05, 4.69) is 64.3 Å². The molecule has 4 heteroatoms. The van der Waals surface area contributed by atoms with Crippen LogP contribution in [0.25, 0.3) is 0 Å². The Bertz CT molecular complexity index is 698. The maximum Gasteiger partial charge on any atom is 0.149 e. The third kappa shape index (κ3) is 7.27. The number of thiol groups is 1.